The van der Waals surface area contributed by atoms with Gasteiger partial charge in [-0.15, -0.1) is 0 Å². The number of aryl methyl sites for hydroxylation is 1. The highest BCUT2D eigenvalue weighted by Crippen LogP contribution is 2.31. The summed E-state index contributed by atoms with van der Waals surface area (Å²) < 4.78 is 24.7. The largest absolute Gasteiger partial charge is 0.266 e. The fraction of sp³-hybridized carbons (Fsp3) is 0.250. The van der Waals surface area contributed by atoms with Crippen molar-refractivity contribution in [1.82, 2.24) is 9.78 Å². The molecular formula is C12H11Cl3N2O2S. The first-order valence-corrected chi connectivity index (χ1v) is 8.89. The molecule has 0 amide bonds. The van der Waals surface area contributed by atoms with E-state index in [0.29, 0.717) is 22.8 Å². The van der Waals surface area contributed by atoms with Gasteiger partial charge in [-0.05, 0) is 24.6 Å². The molecular weight excluding hydrogens is 343 g/mol. The second-order valence-electron chi connectivity index (χ2n) is 4.15. The average Bonchev–Trinajstić information content (AvgIpc) is 2.66. The standard InChI is InChI=1S/C12H11Cl3N2O2S/c1-2-4-10-11(20(15,18)19)12(14)17(16-10)9-6-3-5-8(13)7-9/h3,5-7H,2,4H2,1H3. The molecule has 1 heterocycles. The Balaban J connectivity index is 2.68. The summed E-state index contributed by atoms with van der Waals surface area (Å²) >= 11 is 12.0. The van der Waals surface area contributed by atoms with Crippen LogP contribution in [-0.2, 0) is 15.5 Å². The summed E-state index contributed by atoms with van der Waals surface area (Å²) in [6.07, 6.45) is 1.19. The molecule has 1 aromatic carbocycles. The van der Waals surface area contributed by atoms with E-state index in [1.807, 2.05) is 6.92 Å². The highest BCUT2D eigenvalue weighted by atomic mass is 35.7. The van der Waals surface area contributed by atoms with E-state index < -0.39 is 9.05 Å². The smallest absolute Gasteiger partial charge is 0.220 e. The van der Waals surface area contributed by atoms with Crippen LogP contribution in [0.15, 0.2) is 29.2 Å². The quantitative estimate of drug-likeness (QED) is 0.779. The van der Waals surface area contributed by atoms with Crippen LogP contribution in [0.4, 0.5) is 0 Å². The zero-order valence-electron chi connectivity index (χ0n) is 10.5. The lowest BCUT2D eigenvalue weighted by molar-refractivity contribution is 0.608. The average molecular weight is 354 g/mol. The first-order valence-electron chi connectivity index (χ1n) is 5.82. The minimum atomic E-state index is -3.96. The van der Waals surface area contributed by atoms with Crippen molar-refractivity contribution in [3.05, 3.63) is 40.1 Å². The minimum Gasteiger partial charge on any atom is -0.220 e. The van der Waals surface area contributed by atoms with Crippen LogP contribution in [0.1, 0.15) is 19.0 Å². The number of hydrogen-bond donors (Lipinski definition) is 0. The van der Waals surface area contributed by atoms with Crippen molar-refractivity contribution in [3.63, 3.8) is 0 Å². The van der Waals surface area contributed by atoms with Gasteiger partial charge in [0.2, 0.25) is 0 Å². The molecule has 0 bridgehead atoms. The lowest BCUT2D eigenvalue weighted by Gasteiger charge is -2.03. The molecule has 20 heavy (non-hydrogen) atoms. The molecule has 0 unspecified atom stereocenters. The molecule has 8 heteroatoms. The molecule has 0 saturated carbocycles. The third-order valence-electron chi connectivity index (χ3n) is 2.64. The van der Waals surface area contributed by atoms with Crippen LogP contribution in [0.5, 0.6) is 0 Å². The van der Waals surface area contributed by atoms with Crippen molar-refractivity contribution in [2.75, 3.05) is 0 Å². The van der Waals surface area contributed by atoms with Gasteiger partial charge in [0.1, 0.15) is 4.90 Å². The first kappa shape index (κ1) is 15.6. The third-order valence-corrected chi connectivity index (χ3v) is 4.72. The van der Waals surface area contributed by atoms with Gasteiger partial charge in [-0.2, -0.15) is 5.10 Å². The Morgan fingerprint density at radius 3 is 2.55 bits per heavy atom. The molecule has 1 aromatic heterocycles. The van der Waals surface area contributed by atoms with Crippen LogP contribution < -0.4 is 0 Å². The van der Waals surface area contributed by atoms with E-state index in [1.165, 1.54) is 4.68 Å². The van der Waals surface area contributed by atoms with E-state index in [-0.39, 0.29) is 10.0 Å². The fourth-order valence-corrected chi connectivity index (χ4v) is 3.90. The normalized spacial score (nSPS) is 11.8. The van der Waals surface area contributed by atoms with Crippen LogP contribution in [-0.4, -0.2) is 18.2 Å². The van der Waals surface area contributed by atoms with E-state index in [9.17, 15) is 8.42 Å². The third kappa shape index (κ3) is 3.11. The van der Waals surface area contributed by atoms with Crippen molar-refractivity contribution in [2.45, 2.75) is 24.7 Å². The summed E-state index contributed by atoms with van der Waals surface area (Å²) in [5.41, 5.74) is 0.930. The Kier molecular flexibility index (Phi) is 4.64. The molecule has 0 saturated heterocycles. The molecule has 0 N–H and O–H groups in total. The predicted molar refractivity (Wildman–Crippen MR) is 80.6 cm³/mol. The molecule has 2 aromatic rings. The molecule has 0 fully saturated rings. The van der Waals surface area contributed by atoms with E-state index in [0.717, 1.165) is 6.42 Å². The summed E-state index contributed by atoms with van der Waals surface area (Å²) in [4.78, 5) is -0.136. The SMILES string of the molecule is CCCc1nn(-c2cccc(Cl)c2)c(Cl)c1S(=O)(=O)Cl. The Hall–Kier alpha value is -0.750. The molecule has 0 aliphatic carbocycles. The van der Waals surface area contributed by atoms with E-state index in [4.69, 9.17) is 33.9 Å². The fourth-order valence-electron chi connectivity index (χ4n) is 1.85. The lowest BCUT2D eigenvalue weighted by atomic mass is 10.2. The minimum absolute atomic E-state index is 0.0364. The summed E-state index contributed by atoms with van der Waals surface area (Å²) in [5, 5.41) is 4.70. The summed E-state index contributed by atoms with van der Waals surface area (Å²) in [6.45, 7) is 1.91. The van der Waals surface area contributed by atoms with Gasteiger partial charge in [0.15, 0.2) is 5.15 Å². The van der Waals surface area contributed by atoms with Gasteiger partial charge >= 0.3 is 0 Å². The Morgan fingerprint density at radius 1 is 1.30 bits per heavy atom. The van der Waals surface area contributed by atoms with Gasteiger partial charge in [-0.1, -0.05) is 42.6 Å². The second-order valence-corrected chi connectivity index (χ2v) is 7.44. The molecule has 0 spiro atoms. The summed E-state index contributed by atoms with van der Waals surface area (Å²) in [6, 6.07) is 6.80. The van der Waals surface area contributed by atoms with Crippen LogP contribution in [0.2, 0.25) is 10.2 Å². The molecule has 0 aliphatic rings. The van der Waals surface area contributed by atoms with E-state index in [1.54, 1.807) is 24.3 Å². The van der Waals surface area contributed by atoms with Crippen LogP contribution in [0, 0.1) is 0 Å². The number of aromatic nitrogens is 2. The number of hydrogen-bond acceptors (Lipinski definition) is 3. The maximum absolute atomic E-state index is 11.7. The van der Waals surface area contributed by atoms with Gasteiger partial charge < -0.3 is 0 Å². The first-order chi connectivity index (χ1) is 9.34. The number of rotatable bonds is 4. The van der Waals surface area contributed by atoms with Gasteiger partial charge in [0.05, 0.1) is 11.4 Å². The molecule has 108 valence electrons. The predicted octanol–water partition coefficient (Wildman–Crippen LogP) is 4.06. The molecule has 0 aliphatic heterocycles. The Bertz CT molecular complexity index is 741. The van der Waals surface area contributed by atoms with Crippen molar-refractivity contribution < 1.29 is 8.42 Å². The van der Waals surface area contributed by atoms with Crippen LogP contribution >= 0.6 is 33.9 Å². The number of nitrogens with zero attached hydrogens (tertiary/aromatic N) is 2. The zero-order chi connectivity index (χ0) is 14.9. The molecule has 4 nitrogen and oxygen atoms in total. The van der Waals surface area contributed by atoms with E-state index >= 15 is 0 Å². The van der Waals surface area contributed by atoms with Crippen molar-refractivity contribution in [1.29, 1.82) is 0 Å². The monoisotopic (exact) mass is 352 g/mol. The number of halogens is 3. The molecule has 0 atom stereocenters. The molecule has 2 rings (SSSR count). The van der Waals surface area contributed by atoms with Gasteiger partial charge in [0.25, 0.3) is 9.05 Å². The zero-order valence-corrected chi connectivity index (χ0v) is 13.6. The Morgan fingerprint density at radius 2 is 2.00 bits per heavy atom. The van der Waals surface area contributed by atoms with Crippen molar-refractivity contribution in [2.24, 2.45) is 0 Å². The van der Waals surface area contributed by atoms with Gasteiger partial charge in [-0.25, -0.2) is 13.1 Å². The summed E-state index contributed by atoms with van der Waals surface area (Å²) in [5.74, 6) is 0. The second kappa shape index (κ2) is 5.93. The maximum atomic E-state index is 11.7. The van der Waals surface area contributed by atoms with Gasteiger partial charge in [0, 0.05) is 15.7 Å². The van der Waals surface area contributed by atoms with Crippen molar-refractivity contribution in [3.8, 4) is 5.69 Å². The van der Waals surface area contributed by atoms with Crippen LogP contribution in [0.25, 0.3) is 5.69 Å². The molecule has 0 radical (unpaired) electrons. The number of benzene rings is 1. The highest BCUT2D eigenvalue weighted by Gasteiger charge is 2.26. The highest BCUT2D eigenvalue weighted by molar-refractivity contribution is 8.13. The van der Waals surface area contributed by atoms with Crippen LogP contribution in [0.3, 0.4) is 0 Å². The Labute approximate surface area is 131 Å². The van der Waals surface area contributed by atoms with Crippen molar-refractivity contribution >= 4 is 42.9 Å². The maximum Gasteiger partial charge on any atom is 0.266 e. The van der Waals surface area contributed by atoms with E-state index in [2.05, 4.69) is 5.10 Å². The van der Waals surface area contributed by atoms with Gasteiger partial charge in [-0.3, -0.25) is 0 Å². The lowest BCUT2D eigenvalue weighted by Crippen LogP contribution is -1.97. The summed E-state index contributed by atoms with van der Waals surface area (Å²) in [7, 11) is 1.49. The topological polar surface area (TPSA) is 52.0 Å².